The van der Waals surface area contributed by atoms with Crippen molar-refractivity contribution in [2.75, 3.05) is 18.5 Å². The number of nitrogens with one attached hydrogen (secondary N) is 1. The summed E-state index contributed by atoms with van der Waals surface area (Å²) in [6.07, 6.45) is 3.73. The molecule has 0 radical (unpaired) electrons. The van der Waals surface area contributed by atoms with E-state index >= 15 is 0 Å². The number of hydrogen-bond acceptors (Lipinski definition) is 6. The van der Waals surface area contributed by atoms with E-state index in [1.54, 1.807) is 6.92 Å². The van der Waals surface area contributed by atoms with Crippen LogP contribution in [0.5, 0.6) is 0 Å². The highest BCUT2D eigenvalue weighted by molar-refractivity contribution is 7.17. The number of aryl methyl sites for hydroxylation is 1. The number of ether oxygens (including phenoxy) is 2. The summed E-state index contributed by atoms with van der Waals surface area (Å²) >= 11 is 1.41. The molecule has 1 aromatic heterocycles. The zero-order valence-corrected chi connectivity index (χ0v) is 19.9. The van der Waals surface area contributed by atoms with Crippen molar-refractivity contribution in [1.29, 1.82) is 0 Å². The van der Waals surface area contributed by atoms with E-state index in [0.717, 1.165) is 47.3 Å². The third-order valence-electron chi connectivity index (χ3n) is 5.75. The molecular weight excluding hydrogens is 450 g/mol. The topological polar surface area (TPSA) is 81.7 Å². The molecule has 0 fully saturated rings. The van der Waals surface area contributed by atoms with Crippen LogP contribution in [0.4, 0.5) is 5.00 Å². The quantitative estimate of drug-likeness (QED) is 0.456. The van der Waals surface area contributed by atoms with Crippen molar-refractivity contribution in [1.82, 2.24) is 0 Å². The summed E-state index contributed by atoms with van der Waals surface area (Å²) in [5.41, 5.74) is 2.98. The van der Waals surface area contributed by atoms with Gasteiger partial charge in [0, 0.05) is 4.88 Å². The molecule has 2 aromatic carbocycles. The highest BCUT2D eigenvalue weighted by Crippen LogP contribution is 2.38. The van der Waals surface area contributed by atoms with Crippen LogP contribution >= 0.6 is 11.3 Å². The van der Waals surface area contributed by atoms with Gasteiger partial charge in [0.05, 0.1) is 12.2 Å². The van der Waals surface area contributed by atoms with E-state index in [0.29, 0.717) is 10.6 Å². The van der Waals surface area contributed by atoms with Gasteiger partial charge in [0.15, 0.2) is 6.61 Å². The van der Waals surface area contributed by atoms with E-state index in [-0.39, 0.29) is 6.61 Å². The second-order valence-electron chi connectivity index (χ2n) is 8.05. The van der Waals surface area contributed by atoms with Gasteiger partial charge in [-0.25, -0.2) is 4.79 Å². The molecule has 6 nitrogen and oxygen atoms in total. The maximum Gasteiger partial charge on any atom is 0.341 e. The van der Waals surface area contributed by atoms with Gasteiger partial charge in [-0.15, -0.1) is 11.3 Å². The van der Waals surface area contributed by atoms with E-state index in [9.17, 15) is 14.4 Å². The largest absolute Gasteiger partial charge is 0.462 e. The molecule has 0 saturated heterocycles. The average Bonchev–Trinajstić information content (AvgIpc) is 3.22. The van der Waals surface area contributed by atoms with E-state index in [1.165, 1.54) is 11.3 Å². The molecule has 7 heteroatoms. The van der Waals surface area contributed by atoms with E-state index in [4.69, 9.17) is 9.47 Å². The minimum Gasteiger partial charge on any atom is -0.462 e. The number of carbonyl (C=O) groups excluding carboxylic acids is 3. The molecule has 0 saturated carbocycles. The van der Waals surface area contributed by atoms with Crippen LogP contribution in [0.25, 0.3) is 0 Å². The van der Waals surface area contributed by atoms with E-state index in [1.807, 2.05) is 60.7 Å². The third kappa shape index (κ3) is 5.37. The van der Waals surface area contributed by atoms with Gasteiger partial charge in [0.1, 0.15) is 10.9 Å². The fourth-order valence-corrected chi connectivity index (χ4v) is 5.51. The Morgan fingerprint density at radius 1 is 0.912 bits per heavy atom. The van der Waals surface area contributed by atoms with Crippen molar-refractivity contribution >= 4 is 34.2 Å². The van der Waals surface area contributed by atoms with Gasteiger partial charge in [0.25, 0.3) is 5.91 Å². The Morgan fingerprint density at radius 3 is 2.15 bits per heavy atom. The summed E-state index contributed by atoms with van der Waals surface area (Å²) in [6.45, 7) is 1.57. The summed E-state index contributed by atoms with van der Waals surface area (Å²) in [7, 11) is 0. The van der Waals surface area contributed by atoms with Crippen molar-refractivity contribution < 1.29 is 23.9 Å². The summed E-state index contributed by atoms with van der Waals surface area (Å²) in [5, 5.41) is 3.25. The number of benzene rings is 2. The van der Waals surface area contributed by atoms with Gasteiger partial charge < -0.3 is 14.8 Å². The molecule has 4 rings (SSSR count). The molecule has 0 spiro atoms. The standard InChI is InChI=1S/C27H27NO5S/c1-2-32-27(31)24-20-15-9-10-16-21(20)34-25(24)28-22(29)17-33-26(30)23(18-11-5-3-6-12-18)19-13-7-4-8-14-19/h3-8,11-14,23H,2,9-10,15-17H2,1H3,(H,28,29). The highest BCUT2D eigenvalue weighted by atomic mass is 32.1. The molecule has 3 aromatic rings. The van der Waals surface area contributed by atoms with Gasteiger partial charge in [-0.2, -0.15) is 0 Å². The van der Waals surface area contributed by atoms with Gasteiger partial charge in [0.2, 0.25) is 0 Å². The molecule has 34 heavy (non-hydrogen) atoms. The molecule has 1 N–H and O–H groups in total. The van der Waals surface area contributed by atoms with Crippen molar-refractivity contribution in [3.05, 3.63) is 87.8 Å². The zero-order chi connectivity index (χ0) is 23.9. The highest BCUT2D eigenvalue weighted by Gasteiger charge is 2.28. The molecule has 0 atom stereocenters. The van der Waals surface area contributed by atoms with Gasteiger partial charge in [-0.05, 0) is 49.3 Å². The van der Waals surface area contributed by atoms with Crippen molar-refractivity contribution in [3.63, 3.8) is 0 Å². The first-order valence-electron chi connectivity index (χ1n) is 11.5. The first-order chi connectivity index (χ1) is 16.6. The van der Waals surface area contributed by atoms with E-state index in [2.05, 4.69) is 5.32 Å². The summed E-state index contributed by atoms with van der Waals surface area (Å²) in [6, 6.07) is 18.7. The molecule has 1 aliphatic rings. The normalized spacial score (nSPS) is 12.6. The lowest BCUT2D eigenvalue weighted by atomic mass is 9.91. The first-order valence-corrected chi connectivity index (χ1v) is 12.3. The van der Waals surface area contributed by atoms with Crippen LogP contribution < -0.4 is 5.32 Å². The third-order valence-corrected chi connectivity index (χ3v) is 6.96. The fourth-order valence-electron chi connectivity index (χ4n) is 4.21. The van der Waals surface area contributed by atoms with Crippen LogP contribution in [0.15, 0.2) is 60.7 Å². The van der Waals surface area contributed by atoms with Crippen molar-refractivity contribution in [2.24, 2.45) is 0 Å². The van der Waals surface area contributed by atoms with Gasteiger partial charge in [-0.3, -0.25) is 9.59 Å². The molecule has 1 amide bonds. The Morgan fingerprint density at radius 2 is 1.53 bits per heavy atom. The number of thiophene rings is 1. The molecule has 1 aliphatic carbocycles. The average molecular weight is 478 g/mol. The lowest BCUT2D eigenvalue weighted by Gasteiger charge is -2.17. The number of fused-ring (bicyclic) bond motifs is 1. The van der Waals surface area contributed by atoms with Crippen LogP contribution in [-0.2, 0) is 31.9 Å². The Balaban J connectivity index is 1.48. The number of rotatable bonds is 8. The number of carbonyl (C=O) groups is 3. The molecule has 0 unspecified atom stereocenters. The maximum absolute atomic E-state index is 13.0. The van der Waals surface area contributed by atoms with E-state index < -0.39 is 30.4 Å². The summed E-state index contributed by atoms with van der Waals surface area (Å²) in [4.78, 5) is 39.5. The molecule has 0 aliphatic heterocycles. The lowest BCUT2D eigenvalue weighted by molar-refractivity contribution is -0.147. The minimum absolute atomic E-state index is 0.259. The first kappa shape index (κ1) is 23.7. The Kier molecular flexibility index (Phi) is 7.75. The predicted molar refractivity (Wildman–Crippen MR) is 131 cm³/mol. The van der Waals surface area contributed by atoms with Crippen LogP contribution in [0.1, 0.15) is 57.6 Å². The number of hydrogen-bond donors (Lipinski definition) is 1. The van der Waals surface area contributed by atoms with Gasteiger partial charge in [-0.1, -0.05) is 60.7 Å². The fraction of sp³-hybridized carbons (Fsp3) is 0.296. The summed E-state index contributed by atoms with van der Waals surface area (Å²) in [5.74, 6) is -2.07. The van der Waals surface area contributed by atoms with Crippen LogP contribution in [0.2, 0.25) is 0 Å². The van der Waals surface area contributed by atoms with Crippen LogP contribution in [-0.4, -0.2) is 31.1 Å². The van der Waals surface area contributed by atoms with Gasteiger partial charge >= 0.3 is 11.9 Å². The van der Waals surface area contributed by atoms with Crippen LogP contribution in [0, 0.1) is 0 Å². The predicted octanol–water partition coefficient (Wildman–Crippen LogP) is 5.12. The number of anilines is 1. The second kappa shape index (κ2) is 11.1. The molecular formula is C27H27NO5S. The minimum atomic E-state index is -0.639. The Bertz CT molecular complexity index is 1120. The lowest BCUT2D eigenvalue weighted by Crippen LogP contribution is -2.25. The Hall–Kier alpha value is -3.45. The summed E-state index contributed by atoms with van der Waals surface area (Å²) < 4.78 is 10.7. The SMILES string of the molecule is CCOC(=O)c1c(NC(=O)COC(=O)C(c2ccccc2)c2ccccc2)sc2c1CCCC2. The monoisotopic (exact) mass is 477 g/mol. The van der Waals surface area contributed by atoms with Crippen molar-refractivity contribution in [3.8, 4) is 0 Å². The number of amides is 1. The second-order valence-corrected chi connectivity index (χ2v) is 9.15. The number of esters is 2. The Labute approximate surface area is 202 Å². The maximum atomic E-state index is 13.0. The molecule has 176 valence electrons. The zero-order valence-electron chi connectivity index (χ0n) is 19.0. The van der Waals surface area contributed by atoms with Crippen molar-refractivity contribution in [2.45, 2.75) is 38.5 Å². The molecule has 1 heterocycles. The smallest absolute Gasteiger partial charge is 0.341 e. The van der Waals surface area contributed by atoms with Crippen LogP contribution in [0.3, 0.4) is 0 Å². The molecule has 0 bridgehead atoms.